The maximum absolute atomic E-state index is 12.6. The number of amides is 1. The van der Waals surface area contributed by atoms with Crippen molar-refractivity contribution in [2.75, 3.05) is 18.4 Å². The molecule has 1 aromatic carbocycles. The molecule has 138 valence electrons. The number of benzene rings is 1. The molecule has 0 atom stereocenters. The number of hydrogen-bond acceptors (Lipinski definition) is 4. The first-order valence-corrected chi connectivity index (χ1v) is 9.72. The molecule has 1 aromatic heterocycles. The zero-order chi connectivity index (χ0) is 18.4. The molecule has 2 heterocycles. The first-order valence-electron chi connectivity index (χ1n) is 9.72. The number of aromatic nitrogens is 2. The van der Waals surface area contributed by atoms with Gasteiger partial charge in [-0.15, -0.1) is 0 Å². The Labute approximate surface area is 155 Å². The Balaban J connectivity index is 1.75. The minimum absolute atomic E-state index is 0.0432. The number of rotatable bonds is 5. The van der Waals surface area contributed by atoms with Gasteiger partial charge in [0.15, 0.2) is 0 Å². The normalized spacial score (nSPS) is 14.8. The molecule has 1 aliphatic rings. The van der Waals surface area contributed by atoms with Gasteiger partial charge >= 0.3 is 0 Å². The lowest BCUT2D eigenvalue weighted by Gasteiger charge is -2.20. The van der Waals surface area contributed by atoms with Gasteiger partial charge in [0.25, 0.3) is 5.91 Å². The molecule has 3 rings (SSSR count). The molecule has 2 aromatic rings. The van der Waals surface area contributed by atoms with Crippen LogP contribution in [0.1, 0.15) is 61.0 Å². The van der Waals surface area contributed by atoms with Gasteiger partial charge in [-0.05, 0) is 36.8 Å². The van der Waals surface area contributed by atoms with Gasteiger partial charge in [0.2, 0.25) is 5.95 Å². The lowest BCUT2D eigenvalue weighted by Crippen LogP contribution is -2.32. The highest BCUT2D eigenvalue weighted by atomic mass is 16.2. The van der Waals surface area contributed by atoms with Crippen LogP contribution < -0.4 is 5.32 Å². The molecule has 1 aliphatic heterocycles. The van der Waals surface area contributed by atoms with Gasteiger partial charge in [-0.3, -0.25) is 4.79 Å². The summed E-state index contributed by atoms with van der Waals surface area (Å²) in [6.45, 7) is 5.96. The summed E-state index contributed by atoms with van der Waals surface area (Å²) in [5.41, 5.74) is 4.15. The second kappa shape index (κ2) is 8.79. The molecule has 0 bridgehead atoms. The summed E-state index contributed by atoms with van der Waals surface area (Å²) < 4.78 is 0. The van der Waals surface area contributed by atoms with Gasteiger partial charge in [-0.2, -0.15) is 0 Å². The van der Waals surface area contributed by atoms with E-state index in [-0.39, 0.29) is 5.91 Å². The van der Waals surface area contributed by atoms with Crippen LogP contribution >= 0.6 is 0 Å². The third kappa shape index (κ3) is 4.21. The number of likely N-dealkylation sites (tertiary alicyclic amines) is 1. The second-order valence-corrected chi connectivity index (χ2v) is 6.79. The van der Waals surface area contributed by atoms with Crippen molar-refractivity contribution in [2.24, 2.45) is 0 Å². The summed E-state index contributed by atoms with van der Waals surface area (Å²) in [6.07, 6.45) is 9.76. The largest absolute Gasteiger partial charge is 0.339 e. The number of carbonyl (C=O) groups excluding carboxylic acids is 1. The van der Waals surface area contributed by atoms with E-state index in [2.05, 4.69) is 47.3 Å². The molecule has 0 saturated carbocycles. The molecule has 1 amide bonds. The van der Waals surface area contributed by atoms with E-state index < -0.39 is 0 Å². The van der Waals surface area contributed by atoms with Crippen molar-refractivity contribution >= 4 is 17.5 Å². The van der Waals surface area contributed by atoms with E-state index in [0.717, 1.165) is 44.5 Å². The van der Waals surface area contributed by atoms with Gasteiger partial charge in [0.1, 0.15) is 0 Å². The lowest BCUT2D eigenvalue weighted by atomic mass is 10.0. The molecule has 1 N–H and O–H groups in total. The summed E-state index contributed by atoms with van der Waals surface area (Å²) in [6, 6.07) is 6.34. The van der Waals surface area contributed by atoms with Crippen LogP contribution in [0, 0.1) is 0 Å². The van der Waals surface area contributed by atoms with Crippen LogP contribution in [0.3, 0.4) is 0 Å². The fourth-order valence-electron chi connectivity index (χ4n) is 3.47. The molecule has 0 radical (unpaired) electrons. The highest BCUT2D eigenvalue weighted by Gasteiger charge is 2.18. The summed E-state index contributed by atoms with van der Waals surface area (Å²) >= 11 is 0. The number of nitrogens with zero attached hydrogens (tertiary/aromatic N) is 3. The minimum Gasteiger partial charge on any atom is -0.339 e. The average Bonchev–Trinajstić information content (AvgIpc) is 2.97. The zero-order valence-corrected chi connectivity index (χ0v) is 15.8. The van der Waals surface area contributed by atoms with Crippen molar-refractivity contribution in [2.45, 2.75) is 52.4 Å². The third-order valence-corrected chi connectivity index (χ3v) is 5.03. The summed E-state index contributed by atoms with van der Waals surface area (Å²) in [4.78, 5) is 23.4. The fraction of sp³-hybridized carbons (Fsp3) is 0.476. The number of carbonyl (C=O) groups is 1. The van der Waals surface area contributed by atoms with E-state index in [4.69, 9.17) is 0 Å². The Kier molecular flexibility index (Phi) is 6.21. The monoisotopic (exact) mass is 352 g/mol. The van der Waals surface area contributed by atoms with Crippen molar-refractivity contribution in [1.82, 2.24) is 14.9 Å². The van der Waals surface area contributed by atoms with Gasteiger partial charge in [0, 0.05) is 31.2 Å². The Morgan fingerprint density at radius 3 is 2.12 bits per heavy atom. The Morgan fingerprint density at radius 1 is 1.00 bits per heavy atom. The van der Waals surface area contributed by atoms with E-state index in [1.807, 2.05) is 4.90 Å². The topological polar surface area (TPSA) is 58.1 Å². The lowest BCUT2D eigenvalue weighted by molar-refractivity contribution is 0.0761. The molecule has 0 spiro atoms. The molecule has 1 saturated heterocycles. The van der Waals surface area contributed by atoms with E-state index in [1.165, 1.54) is 24.0 Å². The van der Waals surface area contributed by atoms with Crippen LogP contribution in [0.4, 0.5) is 11.6 Å². The first-order chi connectivity index (χ1) is 12.7. The van der Waals surface area contributed by atoms with Crippen LogP contribution in [0.5, 0.6) is 0 Å². The SMILES string of the molecule is CCc1cccc(CC)c1Nc1ncc(C(=O)N2CCCCCC2)cn1. The summed E-state index contributed by atoms with van der Waals surface area (Å²) in [7, 11) is 0. The standard InChI is InChI=1S/C21H28N4O/c1-3-16-10-9-11-17(4-2)19(16)24-21-22-14-18(15-23-21)20(26)25-12-7-5-6-8-13-25/h9-11,14-15H,3-8,12-13H2,1-2H3,(H,22,23,24). The molecule has 0 unspecified atom stereocenters. The maximum atomic E-state index is 12.6. The molecule has 1 fully saturated rings. The number of anilines is 2. The first kappa shape index (κ1) is 18.4. The highest BCUT2D eigenvalue weighted by molar-refractivity contribution is 5.93. The van der Waals surface area contributed by atoms with Crippen LogP contribution in [0.15, 0.2) is 30.6 Å². The van der Waals surface area contributed by atoms with E-state index in [9.17, 15) is 4.79 Å². The van der Waals surface area contributed by atoms with Crippen molar-refractivity contribution in [3.63, 3.8) is 0 Å². The smallest absolute Gasteiger partial charge is 0.256 e. The highest BCUT2D eigenvalue weighted by Crippen LogP contribution is 2.25. The predicted octanol–water partition coefficient (Wildman–Crippen LogP) is 4.36. The minimum atomic E-state index is 0.0432. The predicted molar refractivity (Wildman–Crippen MR) is 105 cm³/mol. The number of para-hydroxylation sites is 1. The zero-order valence-electron chi connectivity index (χ0n) is 15.8. The summed E-state index contributed by atoms with van der Waals surface area (Å²) in [5, 5.41) is 3.35. The molecule has 5 heteroatoms. The van der Waals surface area contributed by atoms with Gasteiger partial charge in [0.05, 0.1) is 5.56 Å². The fourth-order valence-corrected chi connectivity index (χ4v) is 3.47. The van der Waals surface area contributed by atoms with Crippen LogP contribution in [-0.2, 0) is 12.8 Å². The summed E-state index contributed by atoms with van der Waals surface area (Å²) in [5.74, 6) is 0.578. The molecule has 0 aliphatic carbocycles. The van der Waals surface area contributed by atoms with Crippen molar-refractivity contribution in [1.29, 1.82) is 0 Å². The average molecular weight is 352 g/mol. The van der Waals surface area contributed by atoms with Crippen molar-refractivity contribution in [3.05, 3.63) is 47.3 Å². The Morgan fingerprint density at radius 2 is 1.58 bits per heavy atom. The van der Waals surface area contributed by atoms with E-state index in [0.29, 0.717) is 11.5 Å². The molecular weight excluding hydrogens is 324 g/mol. The number of aryl methyl sites for hydroxylation is 2. The molecule has 5 nitrogen and oxygen atoms in total. The second-order valence-electron chi connectivity index (χ2n) is 6.79. The Bertz CT molecular complexity index is 712. The third-order valence-electron chi connectivity index (χ3n) is 5.03. The number of nitrogens with one attached hydrogen (secondary N) is 1. The van der Waals surface area contributed by atoms with Crippen molar-refractivity contribution in [3.8, 4) is 0 Å². The van der Waals surface area contributed by atoms with Crippen LogP contribution in [0.25, 0.3) is 0 Å². The number of hydrogen-bond donors (Lipinski definition) is 1. The van der Waals surface area contributed by atoms with E-state index in [1.54, 1.807) is 12.4 Å². The molecule has 26 heavy (non-hydrogen) atoms. The van der Waals surface area contributed by atoms with Gasteiger partial charge < -0.3 is 10.2 Å². The van der Waals surface area contributed by atoms with Gasteiger partial charge in [-0.1, -0.05) is 44.9 Å². The van der Waals surface area contributed by atoms with E-state index >= 15 is 0 Å². The quantitative estimate of drug-likeness (QED) is 0.868. The van der Waals surface area contributed by atoms with Crippen LogP contribution in [0.2, 0.25) is 0 Å². The Hall–Kier alpha value is -2.43. The van der Waals surface area contributed by atoms with Gasteiger partial charge in [-0.25, -0.2) is 9.97 Å². The van der Waals surface area contributed by atoms with Crippen molar-refractivity contribution < 1.29 is 4.79 Å². The van der Waals surface area contributed by atoms with Crippen LogP contribution in [-0.4, -0.2) is 33.9 Å². The maximum Gasteiger partial charge on any atom is 0.256 e. The molecular formula is C21H28N4O.